The van der Waals surface area contributed by atoms with Crippen LogP contribution in [0.15, 0.2) is 0 Å². The average molecular weight is 961 g/mol. The minimum Gasteiger partial charge on any atom is -0.481 e. The van der Waals surface area contributed by atoms with Gasteiger partial charge in [-0.25, -0.2) is 0 Å². The summed E-state index contributed by atoms with van der Waals surface area (Å²) >= 11 is 0. The number of carboxylic acids is 4. The zero-order chi connectivity index (χ0) is 52.4. The predicted octanol–water partition coefficient (Wildman–Crippen LogP) is 8.51. The first-order chi connectivity index (χ1) is 30.6. The summed E-state index contributed by atoms with van der Waals surface area (Å²) < 4.78 is 0. The van der Waals surface area contributed by atoms with E-state index in [0.29, 0.717) is 25.8 Å². The van der Waals surface area contributed by atoms with E-state index in [9.17, 15) is 39.6 Å². The molecule has 4 rings (SSSR count). The molecule has 2 atom stereocenters. The molecule has 4 aliphatic heterocycles. The molecular formula is C54H100N6O8. The summed E-state index contributed by atoms with van der Waals surface area (Å²) in [7, 11) is 8.92. The van der Waals surface area contributed by atoms with Crippen molar-refractivity contribution in [3.8, 4) is 0 Å². The van der Waals surface area contributed by atoms with Gasteiger partial charge < -0.3 is 25.7 Å². The Morgan fingerprint density at radius 1 is 0.456 bits per heavy atom. The summed E-state index contributed by atoms with van der Waals surface area (Å²) in [4.78, 5) is 61.4. The molecule has 14 heteroatoms. The molecule has 4 fully saturated rings. The highest BCUT2D eigenvalue weighted by molar-refractivity contribution is 5.81. The Balaban J connectivity index is 2.33. The number of nitrogens with one attached hydrogen (secondary N) is 2. The zero-order valence-corrected chi connectivity index (χ0v) is 46.6. The SMILES string of the molecule is CN1C(C)(C)CC(C(CCCCN[C@@H](CC(=O)O)C(=O)O)(C2CC(C)(C)N(C)C(C)(C)C2)C(N[C@@H](CC(=O)O)C(=O)O)(C2CC(C)(C)N(C)C(C)(C)C2)C2CC(C)(C)N(C)C(C)(C)C2)CC1(C)C. The Hall–Kier alpha value is -2.36. The summed E-state index contributed by atoms with van der Waals surface area (Å²) in [6.45, 7) is 37.8. The smallest absolute Gasteiger partial charge is 0.321 e. The molecule has 0 radical (unpaired) electrons. The third kappa shape index (κ3) is 11.3. The second-order valence-corrected chi connectivity index (χ2v) is 27.6. The topological polar surface area (TPSA) is 186 Å². The van der Waals surface area contributed by atoms with Gasteiger partial charge in [0.2, 0.25) is 0 Å². The van der Waals surface area contributed by atoms with Gasteiger partial charge in [0.15, 0.2) is 0 Å². The summed E-state index contributed by atoms with van der Waals surface area (Å²) in [5, 5.41) is 49.1. The van der Waals surface area contributed by atoms with Gasteiger partial charge in [-0.1, -0.05) is 6.42 Å². The fraction of sp³-hybridized carbons (Fsp3) is 0.926. The van der Waals surface area contributed by atoms with E-state index in [1.165, 1.54) is 0 Å². The van der Waals surface area contributed by atoms with Gasteiger partial charge in [-0.15, -0.1) is 0 Å². The Kier molecular flexibility index (Phi) is 16.8. The van der Waals surface area contributed by atoms with Crippen LogP contribution in [0.3, 0.4) is 0 Å². The standard InChI is InChI=1S/C54H100N6O8/c1-45(2)27-35(28-46(3,4)57(45)17)53(36-29-47(5,6)58(18)48(7,8)30-36,23-21-22-24-55-39(43(65)66)25-41(61)62)54(56-40(44(67)68)26-42(63)64,37-31-49(9,10)59(19)50(11,12)32-37)38-33-51(13,14)60(20)52(15,16)34-38/h35-40,55-56H,21-34H2,1-20H3,(H,61,62)(H,63,64)(H,65,66)(H,67,68)/t39-,40-/m0/s1. The molecular weight excluding hydrogens is 861 g/mol. The lowest BCUT2D eigenvalue weighted by molar-refractivity contribution is -0.217. The maximum Gasteiger partial charge on any atom is 0.321 e. The normalized spacial score (nSPS) is 27.1. The Morgan fingerprint density at radius 2 is 0.721 bits per heavy atom. The van der Waals surface area contributed by atoms with Gasteiger partial charge in [0.25, 0.3) is 0 Å². The van der Waals surface area contributed by atoms with E-state index in [-0.39, 0.29) is 68.0 Å². The predicted molar refractivity (Wildman–Crippen MR) is 272 cm³/mol. The molecule has 0 spiro atoms. The maximum atomic E-state index is 14.1. The fourth-order valence-corrected chi connectivity index (χ4v) is 15.8. The van der Waals surface area contributed by atoms with E-state index >= 15 is 0 Å². The first kappa shape index (κ1) is 58.2. The summed E-state index contributed by atoms with van der Waals surface area (Å²) in [6.07, 6.45) is 7.29. The number of carbonyl (C=O) groups is 4. The fourth-order valence-electron chi connectivity index (χ4n) is 15.8. The molecule has 0 aliphatic carbocycles. The van der Waals surface area contributed by atoms with Gasteiger partial charge in [0, 0.05) is 49.9 Å². The quantitative estimate of drug-likeness (QED) is 0.0677. The monoisotopic (exact) mass is 961 g/mol. The average Bonchev–Trinajstić information content (AvgIpc) is 3.15. The van der Waals surface area contributed by atoms with Crippen LogP contribution in [0.1, 0.15) is 194 Å². The number of rotatable bonds is 19. The maximum absolute atomic E-state index is 14.1. The third-order valence-corrected chi connectivity index (χ3v) is 19.9. The second-order valence-electron chi connectivity index (χ2n) is 27.6. The van der Waals surface area contributed by atoms with Crippen molar-refractivity contribution in [3.63, 3.8) is 0 Å². The van der Waals surface area contributed by atoms with Crippen LogP contribution in [0, 0.1) is 29.1 Å². The summed E-state index contributed by atoms with van der Waals surface area (Å²) in [5.74, 6) is -4.79. The van der Waals surface area contributed by atoms with Crippen LogP contribution in [0.5, 0.6) is 0 Å². The molecule has 0 aromatic heterocycles. The van der Waals surface area contributed by atoms with E-state index in [2.05, 4.69) is 169 Å². The largest absolute Gasteiger partial charge is 0.481 e. The Morgan fingerprint density at radius 3 is 0.985 bits per heavy atom. The second kappa shape index (κ2) is 19.6. The molecule has 4 saturated heterocycles. The molecule has 68 heavy (non-hydrogen) atoms. The molecule has 0 aromatic rings. The van der Waals surface area contributed by atoms with Gasteiger partial charge in [-0.3, -0.25) is 44.1 Å². The van der Waals surface area contributed by atoms with E-state index in [1.54, 1.807) is 0 Å². The van der Waals surface area contributed by atoms with E-state index < -0.39 is 59.8 Å². The van der Waals surface area contributed by atoms with Crippen molar-refractivity contribution in [2.45, 2.75) is 256 Å². The van der Waals surface area contributed by atoms with Crippen LogP contribution in [0.2, 0.25) is 0 Å². The highest BCUT2D eigenvalue weighted by Gasteiger charge is 2.71. The van der Waals surface area contributed by atoms with Crippen molar-refractivity contribution in [1.29, 1.82) is 0 Å². The summed E-state index contributed by atoms with van der Waals surface area (Å²) in [6, 6.07) is -2.61. The van der Waals surface area contributed by atoms with Crippen molar-refractivity contribution >= 4 is 23.9 Å². The van der Waals surface area contributed by atoms with Crippen LogP contribution in [-0.4, -0.2) is 161 Å². The van der Waals surface area contributed by atoms with Crippen LogP contribution in [0.25, 0.3) is 0 Å². The minimum atomic E-state index is -1.38. The van der Waals surface area contributed by atoms with Gasteiger partial charge in [-0.05, 0) is 239 Å². The van der Waals surface area contributed by atoms with Crippen molar-refractivity contribution in [2.75, 3.05) is 34.7 Å². The van der Waals surface area contributed by atoms with Crippen molar-refractivity contribution < 1.29 is 39.6 Å². The van der Waals surface area contributed by atoms with Crippen LogP contribution in [0.4, 0.5) is 0 Å². The van der Waals surface area contributed by atoms with Gasteiger partial charge in [0.1, 0.15) is 12.1 Å². The molecule has 0 saturated carbocycles. The molecule has 394 valence electrons. The number of hydrogen-bond acceptors (Lipinski definition) is 10. The molecule has 4 aliphatic rings. The first-order valence-electron chi connectivity index (χ1n) is 25.9. The first-order valence-corrected chi connectivity index (χ1v) is 25.9. The number of nitrogens with zero attached hydrogens (tertiary/aromatic N) is 4. The number of unbranched alkanes of at least 4 members (excludes halogenated alkanes) is 1. The lowest BCUT2D eigenvalue weighted by Crippen LogP contribution is -2.80. The summed E-state index contributed by atoms with van der Waals surface area (Å²) in [5.41, 5.74) is -3.93. The molecule has 0 bridgehead atoms. The van der Waals surface area contributed by atoms with Crippen molar-refractivity contribution in [3.05, 3.63) is 0 Å². The van der Waals surface area contributed by atoms with Crippen molar-refractivity contribution in [2.24, 2.45) is 29.1 Å². The minimum absolute atomic E-state index is 0.0407. The van der Waals surface area contributed by atoms with Gasteiger partial charge >= 0.3 is 23.9 Å². The molecule has 4 heterocycles. The number of aliphatic carboxylic acids is 4. The molecule has 0 unspecified atom stereocenters. The van der Waals surface area contributed by atoms with Gasteiger partial charge in [-0.2, -0.15) is 0 Å². The molecule has 6 N–H and O–H groups in total. The zero-order valence-electron chi connectivity index (χ0n) is 46.6. The number of piperidine rings is 4. The van der Waals surface area contributed by atoms with Crippen molar-refractivity contribution in [1.82, 2.24) is 30.2 Å². The molecule has 14 nitrogen and oxygen atoms in total. The Bertz CT molecular complexity index is 1680. The van der Waals surface area contributed by atoms with E-state index in [0.717, 1.165) is 51.4 Å². The Labute approximate surface area is 412 Å². The van der Waals surface area contributed by atoms with Crippen LogP contribution >= 0.6 is 0 Å². The number of likely N-dealkylation sites (tertiary alicyclic amines) is 4. The van der Waals surface area contributed by atoms with Gasteiger partial charge in [0.05, 0.1) is 12.8 Å². The highest BCUT2D eigenvalue weighted by atomic mass is 16.4. The lowest BCUT2D eigenvalue weighted by atomic mass is 9.39. The van der Waals surface area contributed by atoms with E-state index in [4.69, 9.17) is 0 Å². The van der Waals surface area contributed by atoms with Crippen LogP contribution < -0.4 is 10.6 Å². The lowest BCUT2D eigenvalue weighted by Gasteiger charge is -2.74. The third-order valence-electron chi connectivity index (χ3n) is 19.9. The van der Waals surface area contributed by atoms with Crippen LogP contribution in [-0.2, 0) is 19.2 Å². The number of hydrogen-bond donors (Lipinski definition) is 6. The number of carboxylic acid groups (broad SMARTS) is 4. The van der Waals surface area contributed by atoms with E-state index in [1.807, 2.05) is 0 Å². The molecule has 0 aromatic carbocycles. The highest BCUT2D eigenvalue weighted by Crippen LogP contribution is 2.69. The molecule has 0 amide bonds.